The Morgan fingerprint density at radius 3 is 2.50 bits per heavy atom. The van der Waals surface area contributed by atoms with Gasteiger partial charge in [0.2, 0.25) is 0 Å². The Hall–Kier alpha value is -2.89. The number of hydrogen-bond donors (Lipinski definition) is 1. The molecule has 0 bridgehead atoms. The van der Waals surface area contributed by atoms with Crippen LogP contribution in [-0.4, -0.2) is 14.3 Å². The smallest absolute Gasteiger partial charge is 0.269 e. The highest BCUT2D eigenvalue weighted by Crippen LogP contribution is 2.28. The second kappa shape index (κ2) is 4.34. The summed E-state index contributed by atoms with van der Waals surface area (Å²) < 4.78 is 1.86. The van der Waals surface area contributed by atoms with E-state index in [2.05, 4.69) is 4.98 Å². The average molecular weight is 268 g/mol. The van der Waals surface area contributed by atoms with Crippen molar-refractivity contribution in [2.24, 2.45) is 0 Å². The van der Waals surface area contributed by atoms with Crippen LogP contribution < -0.4 is 5.73 Å². The van der Waals surface area contributed by atoms with Crippen molar-refractivity contribution < 1.29 is 4.92 Å². The van der Waals surface area contributed by atoms with E-state index in [4.69, 9.17) is 5.73 Å². The molecule has 20 heavy (non-hydrogen) atoms. The molecule has 2 heterocycles. The summed E-state index contributed by atoms with van der Waals surface area (Å²) >= 11 is 0. The molecule has 0 unspecified atom stereocenters. The highest BCUT2D eigenvalue weighted by molar-refractivity contribution is 5.75. The molecule has 0 amide bonds. The number of pyridine rings is 1. The van der Waals surface area contributed by atoms with Gasteiger partial charge >= 0.3 is 0 Å². The molecule has 0 atom stereocenters. The lowest BCUT2D eigenvalue weighted by atomic mass is 10.1. The number of hydrogen-bond acceptors (Lipinski definition) is 4. The molecule has 1 aromatic carbocycles. The molecule has 2 N–H and O–H groups in total. The largest absolute Gasteiger partial charge is 0.383 e. The molecular formula is C14H12N4O2. The highest BCUT2D eigenvalue weighted by Gasteiger charge is 2.13. The van der Waals surface area contributed by atoms with Crippen LogP contribution in [0.5, 0.6) is 0 Å². The van der Waals surface area contributed by atoms with Crippen LogP contribution in [0.2, 0.25) is 0 Å². The normalized spacial score (nSPS) is 10.8. The van der Waals surface area contributed by atoms with Crippen molar-refractivity contribution in [2.45, 2.75) is 6.92 Å². The number of rotatable bonds is 2. The molecule has 0 spiro atoms. The maximum Gasteiger partial charge on any atom is 0.269 e. The number of nitro groups is 1. The van der Waals surface area contributed by atoms with Gasteiger partial charge in [0.15, 0.2) is 0 Å². The number of nitrogens with zero attached hydrogens (tertiary/aromatic N) is 3. The summed E-state index contributed by atoms with van der Waals surface area (Å²) in [4.78, 5) is 14.7. The Bertz CT molecular complexity index is 806. The van der Waals surface area contributed by atoms with Crippen LogP contribution in [0.25, 0.3) is 16.9 Å². The lowest BCUT2D eigenvalue weighted by Gasteiger charge is -2.02. The number of nitro benzene ring substituents is 1. The van der Waals surface area contributed by atoms with Crippen LogP contribution in [-0.2, 0) is 0 Å². The zero-order chi connectivity index (χ0) is 14.3. The number of aryl methyl sites for hydroxylation is 1. The lowest BCUT2D eigenvalue weighted by Crippen LogP contribution is -1.97. The third-order valence-electron chi connectivity index (χ3n) is 3.23. The van der Waals surface area contributed by atoms with Gasteiger partial charge in [-0.3, -0.25) is 14.5 Å². The Morgan fingerprint density at radius 2 is 1.90 bits per heavy atom. The van der Waals surface area contributed by atoms with Crippen molar-refractivity contribution >= 4 is 17.2 Å². The molecule has 0 saturated carbocycles. The van der Waals surface area contributed by atoms with Gasteiger partial charge in [0, 0.05) is 23.4 Å². The molecule has 100 valence electrons. The van der Waals surface area contributed by atoms with E-state index in [1.165, 1.54) is 12.1 Å². The number of anilines is 1. The number of nitrogen functional groups attached to an aromatic ring is 1. The summed E-state index contributed by atoms with van der Waals surface area (Å²) in [6.45, 7) is 1.95. The molecule has 3 aromatic rings. The van der Waals surface area contributed by atoms with Gasteiger partial charge in [-0.1, -0.05) is 6.07 Å². The van der Waals surface area contributed by atoms with Crippen LogP contribution in [0.1, 0.15) is 5.69 Å². The second-order valence-corrected chi connectivity index (χ2v) is 4.51. The van der Waals surface area contributed by atoms with E-state index >= 15 is 0 Å². The first-order valence-electron chi connectivity index (χ1n) is 6.06. The van der Waals surface area contributed by atoms with Gasteiger partial charge in [-0.05, 0) is 31.2 Å². The molecule has 2 aromatic heterocycles. The van der Waals surface area contributed by atoms with E-state index in [0.29, 0.717) is 11.5 Å². The number of nitrogens with two attached hydrogens (primary N) is 1. The number of benzene rings is 1. The minimum absolute atomic E-state index is 0.0484. The molecule has 6 nitrogen and oxygen atoms in total. The van der Waals surface area contributed by atoms with E-state index in [1.807, 2.05) is 29.5 Å². The first kappa shape index (κ1) is 12.2. The summed E-state index contributed by atoms with van der Waals surface area (Å²) in [5.41, 5.74) is 9.33. The molecule has 0 radical (unpaired) electrons. The lowest BCUT2D eigenvalue weighted by molar-refractivity contribution is -0.384. The Kier molecular flexibility index (Phi) is 2.64. The molecular weight excluding hydrogens is 256 g/mol. The fourth-order valence-electron chi connectivity index (χ4n) is 2.24. The van der Waals surface area contributed by atoms with Crippen molar-refractivity contribution in [1.29, 1.82) is 0 Å². The zero-order valence-corrected chi connectivity index (χ0v) is 10.8. The third kappa shape index (κ3) is 1.78. The highest BCUT2D eigenvalue weighted by atomic mass is 16.6. The molecule has 0 aliphatic rings. The Morgan fingerprint density at radius 1 is 1.20 bits per heavy atom. The predicted octanol–water partition coefficient (Wildman–Crippen LogP) is 2.80. The number of imidazole rings is 1. The summed E-state index contributed by atoms with van der Waals surface area (Å²) in [6, 6.07) is 12.0. The van der Waals surface area contributed by atoms with Crippen LogP contribution in [0, 0.1) is 17.0 Å². The van der Waals surface area contributed by atoms with Gasteiger partial charge in [-0.15, -0.1) is 0 Å². The third-order valence-corrected chi connectivity index (χ3v) is 3.23. The Labute approximate surface area is 114 Å². The first-order chi connectivity index (χ1) is 9.58. The number of fused-ring (bicyclic) bond motifs is 1. The van der Waals surface area contributed by atoms with E-state index in [-0.39, 0.29) is 5.69 Å². The average Bonchev–Trinajstić information content (AvgIpc) is 2.77. The first-order valence-corrected chi connectivity index (χ1v) is 6.06. The van der Waals surface area contributed by atoms with Gasteiger partial charge in [0.05, 0.1) is 4.92 Å². The quantitative estimate of drug-likeness (QED) is 0.572. The summed E-state index contributed by atoms with van der Waals surface area (Å²) in [6.07, 6.45) is 0. The van der Waals surface area contributed by atoms with Crippen LogP contribution in [0.4, 0.5) is 11.5 Å². The molecule has 6 heteroatoms. The van der Waals surface area contributed by atoms with Gasteiger partial charge in [-0.2, -0.15) is 0 Å². The Balaban J connectivity index is 2.17. The number of non-ortho nitro benzene ring substituents is 1. The maximum absolute atomic E-state index is 10.7. The molecule has 0 fully saturated rings. The summed E-state index contributed by atoms with van der Waals surface area (Å²) in [7, 11) is 0. The van der Waals surface area contributed by atoms with E-state index < -0.39 is 4.92 Å². The van der Waals surface area contributed by atoms with Gasteiger partial charge < -0.3 is 5.73 Å². The SMILES string of the molecule is Cc1cccc2nc(-c3ccc([N+](=O)[O-])cc3)c(N)n12. The van der Waals surface area contributed by atoms with Crippen LogP contribution in [0.15, 0.2) is 42.5 Å². The zero-order valence-electron chi connectivity index (χ0n) is 10.8. The fourth-order valence-corrected chi connectivity index (χ4v) is 2.24. The van der Waals surface area contributed by atoms with Crippen molar-refractivity contribution in [3.8, 4) is 11.3 Å². The monoisotopic (exact) mass is 268 g/mol. The molecule has 0 aliphatic heterocycles. The van der Waals surface area contributed by atoms with Crippen LogP contribution >= 0.6 is 0 Å². The second-order valence-electron chi connectivity index (χ2n) is 4.51. The van der Waals surface area contributed by atoms with E-state index in [9.17, 15) is 10.1 Å². The van der Waals surface area contributed by atoms with Crippen molar-refractivity contribution in [1.82, 2.24) is 9.38 Å². The molecule has 0 saturated heterocycles. The summed E-state index contributed by atoms with van der Waals surface area (Å²) in [5, 5.41) is 10.7. The van der Waals surface area contributed by atoms with Crippen molar-refractivity contribution in [3.05, 3.63) is 58.3 Å². The predicted molar refractivity (Wildman–Crippen MR) is 76.4 cm³/mol. The van der Waals surface area contributed by atoms with Gasteiger partial charge in [0.25, 0.3) is 5.69 Å². The van der Waals surface area contributed by atoms with Crippen LogP contribution in [0.3, 0.4) is 0 Å². The summed E-state index contributed by atoms with van der Waals surface area (Å²) in [5.74, 6) is 0.534. The van der Waals surface area contributed by atoms with Gasteiger partial charge in [-0.25, -0.2) is 4.98 Å². The van der Waals surface area contributed by atoms with E-state index in [0.717, 1.165) is 16.9 Å². The fraction of sp³-hybridized carbons (Fsp3) is 0.0714. The maximum atomic E-state index is 10.7. The minimum Gasteiger partial charge on any atom is -0.383 e. The van der Waals surface area contributed by atoms with E-state index in [1.54, 1.807) is 12.1 Å². The number of aromatic nitrogens is 2. The minimum atomic E-state index is -0.430. The van der Waals surface area contributed by atoms with Gasteiger partial charge in [0.1, 0.15) is 17.2 Å². The van der Waals surface area contributed by atoms with Crippen molar-refractivity contribution in [3.63, 3.8) is 0 Å². The molecule has 0 aliphatic carbocycles. The standard InChI is InChI=1S/C14H12N4O2/c1-9-3-2-4-12-16-13(14(15)17(9)12)10-5-7-11(8-6-10)18(19)20/h2-8H,15H2,1H3. The molecule has 3 rings (SSSR count). The van der Waals surface area contributed by atoms with Crippen molar-refractivity contribution in [2.75, 3.05) is 5.73 Å². The topological polar surface area (TPSA) is 86.5 Å².